The quantitative estimate of drug-likeness (QED) is 0.871. The first-order chi connectivity index (χ1) is 12.9. The Hall–Kier alpha value is -2.06. The van der Waals surface area contributed by atoms with E-state index in [-0.39, 0.29) is 5.91 Å². The molecule has 1 amide bonds. The van der Waals surface area contributed by atoms with Crippen molar-refractivity contribution in [1.82, 2.24) is 19.9 Å². The van der Waals surface area contributed by atoms with Crippen LogP contribution >= 0.6 is 11.3 Å². The fourth-order valence-electron chi connectivity index (χ4n) is 4.25. The summed E-state index contributed by atoms with van der Waals surface area (Å²) in [5.41, 5.74) is 2.34. The molecule has 4 heterocycles. The van der Waals surface area contributed by atoms with Crippen molar-refractivity contribution in [3.63, 3.8) is 0 Å². The summed E-state index contributed by atoms with van der Waals surface area (Å²) in [6, 6.07) is 0. The van der Waals surface area contributed by atoms with E-state index in [0.29, 0.717) is 10.5 Å². The first kappa shape index (κ1) is 18.3. The normalized spacial score (nSPS) is 22.7. The Kier molecular flexibility index (Phi) is 4.86. The van der Waals surface area contributed by atoms with Gasteiger partial charge < -0.3 is 10.2 Å². The van der Waals surface area contributed by atoms with E-state index in [4.69, 9.17) is 4.98 Å². The van der Waals surface area contributed by atoms with E-state index in [1.165, 1.54) is 24.6 Å². The highest BCUT2D eigenvalue weighted by Crippen LogP contribution is 2.41. The van der Waals surface area contributed by atoms with Crippen molar-refractivity contribution < 1.29 is 4.79 Å². The third kappa shape index (κ3) is 3.96. The number of likely N-dealkylation sites (tertiary alicyclic amines) is 1. The van der Waals surface area contributed by atoms with Crippen LogP contribution < -0.4 is 10.2 Å². The molecule has 1 unspecified atom stereocenters. The van der Waals surface area contributed by atoms with Crippen LogP contribution in [0.15, 0.2) is 12.4 Å². The van der Waals surface area contributed by atoms with E-state index in [9.17, 15) is 4.79 Å². The molecule has 7 nitrogen and oxygen atoms in total. The molecular formula is C19H26N6OS. The van der Waals surface area contributed by atoms with E-state index in [2.05, 4.69) is 25.1 Å². The highest BCUT2D eigenvalue weighted by Gasteiger charge is 2.44. The van der Waals surface area contributed by atoms with Crippen molar-refractivity contribution >= 4 is 28.2 Å². The van der Waals surface area contributed by atoms with Crippen LogP contribution in [0.5, 0.6) is 0 Å². The molecule has 2 aliphatic heterocycles. The molecule has 0 aliphatic carbocycles. The summed E-state index contributed by atoms with van der Waals surface area (Å²) in [7, 11) is 0. The van der Waals surface area contributed by atoms with Gasteiger partial charge in [-0.25, -0.2) is 9.97 Å². The largest absolute Gasteiger partial charge is 0.354 e. The van der Waals surface area contributed by atoms with E-state index < -0.39 is 0 Å². The number of nitrogens with one attached hydrogen (secondary N) is 1. The summed E-state index contributed by atoms with van der Waals surface area (Å²) in [6.45, 7) is 10.8. The van der Waals surface area contributed by atoms with Gasteiger partial charge in [-0.1, -0.05) is 0 Å². The maximum atomic E-state index is 11.2. The van der Waals surface area contributed by atoms with E-state index in [0.717, 1.165) is 49.9 Å². The maximum Gasteiger partial charge on any atom is 0.223 e. The monoisotopic (exact) mass is 386 g/mol. The number of nitrogens with zero attached hydrogens (tertiary/aromatic N) is 5. The van der Waals surface area contributed by atoms with Gasteiger partial charge in [0.05, 0.1) is 11.4 Å². The molecule has 1 N–H and O–H groups in total. The summed E-state index contributed by atoms with van der Waals surface area (Å²) < 4.78 is 0. The highest BCUT2D eigenvalue weighted by molar-refractivity contribution is 7.15. The van der Waals surface area contributed by atoms with Gasteiger partial charge in [0.2, 0.25) is 5.91 Å². The van der Waals surface area contributed by atoms with Gasteiger partial charge in [0.1, 0.15) is 5.82 Å². The predicted molar refractivity (Wildman–Crippen MR) is 107 cm³/mol. The Balaban J connectivity index is 1.38. The number of carbonyl (C=O) groups excluding carboxylic acids is 1. The van der Waals surface area contributed by atoms with Crippen LogP contribution in [0.25, 0.3) is 0 Å². The smallest absolute Gasteiger partial charge is 0.223 e. The van der Waals surface area contributed by atoms with Crippen LogP contribution in [-0.4, -0.2) is 51.9 Å². The molecule has 1 atom stereocenters. The average Bonchev–Trinajstić information content (AvgIpc) is 3.32. The fourth-order valence-corrected chi connectivity index (χ4v) is 5.15. The molecule has 8 heteroatoms. The van der Waals surface area contributed by atoms with Gasteiger partial charge >= 0.3 is 0 Å². The van der Waals surface area contributed by atoms with Gasteiger partial charge in [-0.15, -0.1) is 11.3 Å². The van der Waals surface area contributed by atoms with Crippen molar-refractivity contribution in [2.75, 3.05) is 36.4 Å². The molecule has 144 valence electrons. The van der Waals surface area contributed by atoms with Crippen LogP contribution in [0.4, 0.5) is 10.9 Å². The Morgan fingerprint density at radius 3 is 2.85 bits per heavy atom. The number of hydrogen-bond acceptors (Lipinski definition) is 7. The van der Waals surface area contributed by atoms with Gasteiger partial charge in [-0.3, -0.25) is 14.7 Å². The zero-order valence-electron chi connectivity index (χ0n) is 16.2. The number of anilines is 2. The molecular weight excluding hydrogens is 360 g/mol. The Labute approximate surface area is 163 Å². The zero-order valence-corrected chi connectivity index (χ0v) is 17.0. The van der Waals surface area contributed by atoms with Crippen LogP contribution in [-0.2, 0) is 11.3 Å². The molecule has 27 heavy (non-hydrogen) atoms. The summed E-state index contributed by atoms with van der Waals surface area (Å²) in [5.74, 6) is 0.976. The number of rotatable bonds is 4. The van der Waals surface area contributed by atoms with Crippen LogP contribution in [0, 0.1) is 19.3 Å². The average molecular weight is 387 g/mol. The summed E-state index contributed by atoms with van der Waals surface area (Å²) >= 11 is 1.57. The summed E-state index contributed by atoms with van der Waals surface area (Å²) in [6.07, 6.45) is 6.15. The number of amides is 1. The minimum atomic E-state index is -0.0726. The predicted octanol–water partition coefficient (Wildman–Crippen LogP) is 2.61. The van der Waals surface area contributed by atoms with Gasteiger partial charge in [0.25, 0.3) is 0 Å². The molecule has 2 fully saturated rings. The highest BCUT2D eigenvalue weighted by atomic mass is 32.1. The molecule has 0 aromatic carbocycles. The van der Waals surface area contributed by atoms with Gasteiger partial charge in [-0.05, 0) is 33.2 Å². The fraction of sp³-hybridized carbons (Fsp3) is 0.579. The maximum absolute atomic E-state index is 11.2. The molecule has 0 bridgehead atoms. The molecule has 2 aromatic rings. The standard InChI is InChI=1S/C19H26N6OS/c1-13-8-20-14(2)17(22-13)25-7-5-19(12-25)4-6-24(11-19)10-16-9-21-18(27-16)23-15(3)26/h8-9H,4-7,10-12H2,1-3H3,(H,21,23,26). The Bertz CT molecular complexity index is 852. The van der Waals surface area contributed by atoms with Gasteiger partial charge in [0, 0.05) is 55.8 Å². The van der Waals surface area contributed by atoms with Gasteiger partial charge in [-0.2, -0.15) is 0 Å². The van der Waals surface area contributed by atoms with Crippen molar-refractivity contribution in [3.05, 3.63) is 28.7 Å². The second kappa shape index (κ2) is 7.16. The molecule has 2 saturated heterocycles. The van der Waals surface area contributed by atoms with Crippen molar-refractivity contribution in [2.45, 2.75) is 40.2 Å². The minimum Gasteiger partial charge on any atom is -0.354 e. The second-order valence-corrected chi connectivity index (χ2v) is 8.98. The van der Waals surface area contributed by atoms with E-state index in [1.54, 1.807) is 11.3 Å². The van der Waals surface area contributed by atoms with Crippen molar-refractivity contribution in [2.24, 2.45) is 5.41 Å². The molecule has 2 aliphatic rings. The topological polar surface area (TPSA) is 74.2 Å². The lowest BCUT2D eigenvalue weighted by Crippen LogP contribution is -2.31. The van der Waals surface area contributed by atoms with Crippen molar-refractivity contribution in [3.8, 4) is 0 Å². The lowest BCUT2D eigenvalue weighted by atomic mass is 9.86. The van der Waals surface area contributed by atoms with Crippen LogP contribution in [0.2, 0.25) is 0 Å². The minimum absolute atomic E-state index is 0.0726. The second-order valence-electron chi connectivity index (χ2n) is 7.87. The van der Waals surface area contributed by atoms with Crippen LogP contribution in [0.3, 0.4) is 0 Å². The summed E-state index contributed by atoms with van der Waals surface area (Å²) in [5, 5.41) is 3.45. The first-order valence-corrected chi connectivity index (χ1v) is 10.2. The first-order valence-electron chi connectivity index (χ1n) is 9.42. The van der Waals surface area contributed by atoms with Crippen LogP contribution in [0.1, 0.15) is 36.0 Å². The van der Waals surface area contributed by atoms with E-state index in [1.807, 2.05) is 26.2 Å². The number of thiazole rings is 1. The molecule has 1 spiro atoms. The zero-order chi connectivity index (χ0) is 19.0. The molecule has 4 rings (SSSR count). The molecule has 0 radical (unpaired) electrons. The molecule has 0 saturated carbocycles. The third-order valence-corrected chi connectivity index (χ3v) is 6.42. The number of carbonyl (C=O) groups is 1. The van der Waals surface area contributed by atoms with Gasteiger partial charge in [0.15, 0.2) is 5.13 Å². The molecule has 2 aromatic heterocycles. The third-order valence-electron chi connectivity index (χ3n) is 5.52. The lowest BCUT2D eigenvalue weighted by Gasteiger charge is -2.25. The summed E-state index contributed by atoms with van der Waals surface area (Å²) in [4.78, 5) is 30.8. The SMILES string of the molecule is CC(=O)Nc1ncc(CN2CCC3(CCN(c4nc(C)cnc4C)C3)C2)s1. The Morgan fingerprint density at radius 1 is 1.22 bits per heavy atom. The van der Waals surface area contributed by atoms with Crippen molar-refractivity contribution in [1.29, 1.82) is 0 Å². The number of hydrogen-bond donors (Lipinski definition) is 1. The number of aromatic nitrogens is 3. The lowest BCUT2D eigenvalue weighted by molar-refractivity contribution is -0.114. The van der Waals surface area contributed by atoms with E-state index >= 15 is 0 Å². The Morgan fingerprint density at radius 2 is 2.04 bits per heavy atom. The number of aryl methyl sites for hydroxylation is 2.